The molecule has 2 heteroatoms. The Morgan fingerprint density at radius 1 is 0.131 bits per heavy atom. The van der Waals surface area contributed by atoms with Gasteiger partial charge < -0.3 is 9.80 Å². The fourth-order valence-corrected chi connectivity index (χ4v) is 21.8. The molecule has 0 radical (unpaired) electrons. The molecule has 130 heavy (non-hydrogen) atoms. The molecule has 4 aliphatic rings. The number of hydrogen-bond donors (Lipinski definition) is 0. The van der Waals surface area contributed by atoms with Gasteiger partial charge in [-0.25, -0.2) is 0 Å². The molecule has 0 amide bonds. The van der Waals surface area contributed by atoms with E-state index in [2.05, 4.69) is 514 Å². The largest absolute Gasteiger partial charge is 0.310 e. The topological polar surface area (TPSA) is 6.48 Å². The Morgan fingerprint density at radius 3 is 0.762 bits per heavy atom. The third-order valence-corrected chi connectivity index (χ3v) is 29.0. The second-order valence-corrected chi connectivity index (χ2v) is 37.9. The Balaban J connectivity index is 0.000000148. The predicted octanol–water partition coefficient (Wildman–Crippen LogP) is 35.2. The molecular weight excluding hydrogens is 1570 g/mol. The third kappa shape index (κ3) is 13.5. The maximum absolute atomic E-state index is 2.44. The Labute approximate surface area is 764 Å². The quantitative estimate of drug-likeness (QED) is 0.107. The smallest absolute Gasteiger partial charge is 0.0465 e. The number of anilines is 6. The van der Waals surface area contributed by atoms with Crippen LogP contribution in [0.25, 0.3) is 155 Å². The van der Waals surface area contributed by atoms with Crippen LogP contribution >= 0.6 is 0 Å². The number of benzene rings is 20. The molecule has 20 aromatic rings. The molecule has 4 aliphatic carbocycles. The highest BCUT2D eigenvalue weighted by Gasteiger charge is 2.41. The minimum absolute atomic E-state index is 0.0478. The van der Waals surface area contributed by atoms with Gasteiger partial charge in [-0.1, -0.05) is 401 Å². The Bertz CT molecular complexity index is 7810. The number of nitrogens with zero attached hydrogens (tertiary/aromatic N) is 2. The van der Waals surface area contributed by atoms with Crippen LogP contribution in [-0.4, -0.2) is 0 Å². The van der Waals surface area contributed by atoms with Crippen LogP contribution in [0.1, 0.15) is 99.9 Å². The zero-order valence-electron chi connectivity index (χ0n) is 74.6. The monoisotopic (exact) mass is 1660 g/mol. The minimum atomic E-state index is -0.201. The van der Waals surface area contributed by atoms with Crippen molar-refractivity contribution in [1.29, 1.82) is 0 Å². The molecule has 0 aromatic heterocycles. The molecule has 0 N–H and O–H groups in total. The zero-order valence-corrected chi connectivity index (χ0v) is 74.6. The number of hydrogen-bond acceptors (Lipinski definition) is 2. The van der Waals surface area contributed by atoms with Crippen molar-refractivity contribution < 1.29 is 0 Å². The van der Waals surface area contributed by atoms with Gasteiger partial charge in [-0.05, 0) is 303 Å². The molecule has 0 saturated heterocycles. The maximum atomic E-state index is 2.44. The normalized spacial score (nSPS) is 13.8. The van der Waals surface area contributed by atoms with Gasteiger partial charge in [-0.15, -0.1) is 0 Å². The van der Waals surface area contributed by atoms with Crippen LogP contribution in [-0.2, 0) is 21.7 Å². The van der Waals surface area contributed by atoms with Gasteiger partial charge in [0, 0.05) is 55.8 Å². The van der Waals surface area contributed by atoms with Crippen LogP contribution in [0.5, 0.6) is 0 Å². The van der Waals surface area contributed by atoms with E-state index in [4.69, 9.17) is 0 Å². The van der Waals surface area contributed by atoms with E-state index < -0.39 is 0 Å². The van der Waals surface area contributed by atoms with Gasteiger partial charge in [0.05, 0.1) is 0 Å². The molecule has 0 bridgehead atoms. The van der Waals surface area contributed by atoms with Crippen molar-refractivity contribution in [3.05, 3.63) is 493 Å². The Kier molecular flexibility index (Phi) is 19.0. The van der Waals surface area contributed by atoms with E-state index in [1.807, 2.05) is 0 Å². The van der Waals surface area contributed by atoms with Crippen molar-refractivity contribution >= 4 is 55.7 Å². The van der Waals surface area contributed by atoms with Crippen molar-refractivity contribution in [2.45, 2.75) is 77.0 Å². The van der Waals surface area contributed by atoms with Gasteiger partial charge in [-0.2, -0.15) is 0 Å². The summed E-state index contributed by atoms with van der Waals surface area (Å²) in [5.41, 5.74) is 47.6. The van der Waals surface area contributed by atoms with E-state index in [1.54, 1.807) is 0 Å². The first-order chi connectivity index (χ1) is 63.4. The average Bonchev–Trinajstić information content (AvgIpc) is 1.56. The van der Waals surface area contributed by atoms with Gasteiger partial charge in [0.1, 0.15) is 0 Å². The highest BCUT2D eigenvalue weighted by molar-refractivity contribution is 5.99. The van der Waals surface area contributed by atoms with Crippen molar-refractivity contribution in [3.8, 4) is 134 Å². The summed E-state index contributed by atoms with van der Waals surface area (Å²) < 4.78 is 0. The minimum Gasteiger partial charge on any atom is -0.310 e. The van der Waals surface area contributed by atoms with Crippen LogP contribution in [0.2, 0.25) is 0 Å². The fourth-order valence-electron chi connectivity index (χ4n) is 21.8. The van der Waals surface area contributed by atoms with E-state index in [1.165, 1.54) is 200 Å². The zero-order chi connectivity index (χ0) is 87.7. The van der Waals surface area contributed by atoms with E-state index in [0.717, 1.165) is 34.1 Å². The molecule has 0 fully saturated rings. The number of fused-ring (bicyclic) bond motifs is 14. The van der Waals surface area contributed by atoms with Gasteiger partial charge in [-0.3, -0.25) is 0 Å². The molecule has 0 aliphatic heterocycles. The second-order valence-electron chi connectivity index (χ2n) is 37.9. The average molecular weight is 1660 g/mol. The summed E-state index contributed by atoms with van der Waals surface area (Å²) in [6.07, 6.45) is 0. The van der Waals surface area contributed by atoms with Crippen LogP contribution in [0, 0.1) is 0 Å². The molecular formula is C128H98N2. The maximum Gasteiger partial charge on any atom is 0.0465 e. The first kappa shape index (κ1) is 79.2. The summed E-state index contributed by atoms with van der Waals surface area (Å²) >= 11 is 0. The van der Waals surface area contributed by atoms with Crippen molar-refractivity contribution in [2.24, 2.45) is 0 Å². The standard InChI is InChI=1S/2C64H49N/c1-63(2)59-20-11-10-18-55(59)56-36-29-48(39-60(56)63)46-27-33-51(34-28-46)65(50-31-25-45(26-32-50)44-23-21-43(22-24-44)42-13-6-5-7-14-42)52-35-38-58-57-37-30-49(40-61(57)64(3,4)62(58)41-52)54-19-12-16-47-15-8-9-17-53(47)54;1-63(2)59-17-11-10-16-55(59)56-35-28-50(39-60(56)63)47-26-32-53(33-27-47)65(52-30-24-46(25-31-52)45-20-18-44(19-21-45)42-12-6-5-7-13-42)54-34-37-58-57-36-29-51(40-61(57)64(3,4)62(58)41-54)49-23-22-43-14-8-9-15-48(43)38-49/h2*5-41H,1-4H3. The third-order valence-electron chi connectivity index (χ3n) is 29.0. The van der Waals surface area contributed by atoms with Crippen molar-refractivity contribution in [1.82, 2.24) is 0 Å². The van der Waals surface area contributed by atoms with E-state index in [-0.39, 0.29) is 21.7 Å². The van der Waals surface area contributed by atoms with Crippen LogP contribution in [0.3, 0.4) is 0 Å². The molecule has 0 unspecified atom stereocenters. The second kappa shape index (κ2) is 31.2. The Morgan fingerprint density at radius 2 is 0.362 bits per heavy atom. The first-order valence-electron chi connectivity index (χ1n) is 45.8. The molecule has 0 saturated carbocycles. The highest BCUT2D eigenvalue weighted by Crippen LogP contribution is 2.57. The van der Waals surface area contributed by atoms with E-state index in [9.17, 15) is 0 Å². The molecule has 2 nitrogen and oxygen atoms in total. The molecule has 0 spiro atoms. The summed E-state index contributed by atoms with van der Waals surface area (Å²) in [6, 6.07) is 167. The molecule has 620 valence electrons. The van der Waals surface area contributed by atoms with Gasteiger partial charge in [0.2, 0.25) is 0 Å². The summed E-state index contributed by atoms with van der Waals surface area (Å²) in [7, 11) is 0. The summed E-state index contributed by atoms with van der Waals surface area (Å²) in [6.45, 7) is 19.0. The lowest BCUT2D eigenvalue weighted by Gasteiger charge is -2.28. The van der Waals surface area contributed by atoms with E-state index >= 15 is 0 Å². The number of rotatable bonds is 14. The molecule has 20 aromatic carbocycles. The van der Waals surface area contributed by atoms with Crippen molar-refractivity contribution in [3.63, 3.8) is 0 Å². The lowest BCUT2D eigenvalue weighted by Crippen LogP contribution is -2.16. The van der Waals surface area contributed by atoms with Gasteiger partial charge in [0.25, 0.3) is 0 Å². The summed E-state index contributed by atoms with van der Waals surface area (Å²) in [4.78, 5) is 4.85. The molecule has 0 heterocycles. The predicted molar refractivity (Wildman–Crippen MR) is 551 cm³/mol. The van der Waals surface area contributed by atoms with Crippen LogP contribution in [0.4, 0.5) is 34.1 Å². The molecule has 24 rings (SSSR count). The highest BCUT2D eigenvalue weighted by atomic mass is 15.1. The van der Waals surface area contributed by atoms with Gasteiger partial charge >= 0.3 is 0 Å². The first-order valence-corrected chi connectivity index (χ1v) is 45.8. The van der Waals surface area contributed by atoms with Crippen LogP contribution < -0.4 is 9.80 Å². The van der Waals surface area contributed by atoms with Crippen molar-refractivity contribution in [2.75, 3.05) is 9.80 Å². The summed E-state index contributed by atoms with van der Waals surface area (Å²) in [5.74, 6) is 0. The lowest BCUT2D eigenvalue weighted by molar-refractivity contribution is 0.660. The van der Waals surface area contributed by atoms with Gasteiger partial charge in [0.15, 0.2) is 0 Å². The lowest BCUT2D eigenvalue weighted by atomic mass is 9.81. The summed E-state index contributed by atoms with van der Waals surface area (Å²) in [5, 5.41) is 5.08. The Hall–Kier alpha value is -15.5. The SMILES string of the molecule is CC1(C)c2ccccc2-c2ccc(-c3ccc(N(c4ccc(-c5ccc(-c6ccccc6)cc5)cc4)c4ccc5c(c4)C(C)(C)c4cc(-c6ccc7ccccc7c6)ccc4-5)cc3)cc21.CC1(C)c2ccccc2-c2ccc(-c3ccc(N(c4ccc(-c5ccc(-c6ccccc6)cc5)cc4)c4ccc5c(c4)C(C)(C)c4cc(-c6cccc7ccccc67)ccc4-5)cc3)cc21. The van der Waals surface area contributed by atoms with E-state index in [0.29, 0.717) is 0 Å². The van der Waals surface area contributed by atoms with Crippen LogP contribution in [0.15, 0.2) is 449 Å². The fraction of sp³-hybridized carbons (Fsp3) is 0.0938. The molecule has 0 atom stereocenters.